The van der Waals surface area contributed by atoms with Gasteiger partial charge < -0.3 is 24.1 Å². The quantitative estimate of drug-likeness (QED) is 0.206. The summed E-state index contributed by atoms with van der Waals surface area (Å²) in [6.07, 6.45) is -0.611. The van der Waals surface area contributed by atoms with Gasteiger partial charge in [0.2, 0.25) is 27.6 Å². The summed E-state index contributed by atoms with van der Waals surface area (Å²) < 4.78 is 80.9. The average Bonchev–Trinajstić information content (AvgIpc) is 3.57. The highest BCUT2D eigenvalue weighted by atomic mass is 32.2. The van der Waals surface area contributed by atoms with Crippen LogP contribution in [0.5, 0.6) is 11.8 Å². The highest BCUT2D eigenvalue weighted by Crippen LogP contribution is 2.43. The number of pyridine rings is 2. The lowest BCUT2D eigenvalue weighted by Crippen LogP contribution is -2.50. The van der Waals surface area contributed by atoms with Gasteiger partial charge in [0.15, 0.2) is 5.65 Å². The summed E-state index contributed by atoms with van der Waals surface area (Å²) in [6, 6.07) is 9.96. The fourth-order valence-electron chi connectivity index (χ4n) is 7.53. The molecule has 2 atom stereocenters. The van der Waals surface area contributed by atoms with E-state index in [2.05, 4.69) is 32.7 Å². The van der Waals surface area contributed by atoms with Crippen LogP contribution in [-0.4, -0.2) is 118 Å². The van der Waals surface area contributed by atoms with Gasteiger partial charge in [0.05, 0.1) is 33.0 Å². The van der Waals surface area contributed by atoms with Gasteiger partial charge in [0, 0.05) is 57.2 Å². The summed E-state index contributed by atoms with van der Waals surface area (Å²) in [7, 11) is -4.19. The highest BCUT2D eigenvalue weighted by Gasteiger charge is 2.46. The van der Waals surface area contributed by atoms with Crippen LogP contribution in [0.4, 0.5) is 8.78 Å². The summed E-state index contributed by atoms with van der Waals surface area (Å²) >= 11 is 4.64. The van der Waals surface area contributed by atoms with Crippen LogP contribution in [0.3, 0.4) is 0 Å². The molecule has 3 aliphatic rings. The zero-order chi connectivity index (χ0) is 39.1. The van der Waals surface area contributed by atoms with Crippen molar-refractivity contribution in [3.8, 4) is 11.8 Å². The van der Waals surface area contributed by atoms with Crippen LogP contribution in [0.25, 0.3) is 5.65 Å². The number of rotatable bonds is 11. The fraction of sp³-hybridized carbons (Fsp3) is 0.514. The Kier molecular flexibility index (Phi) is 11.1. The van der Waals surface area contributed by atoms with Crippen molar-refractivity contribution in [2.24, 2.45) is 0 Å². The first kappa shape index (κ1) is 39.3. The van der Waals surface area contributed by atoms with E-state index in [9.17, 15) is 27.1 Å². The number of carbonyl (C=O) groups is 1. The Balaban J connectivity index is 1.24. The maximum Gasteiger partial charge on any atom is 0.320 e. The lowest BCUT2D eigenvalue weighted by Gasteiger charge is -2.38. The molecule has 0 bridgehead atoms. The Morgan fingerprint density at radius 1 is 1.07 bits per heavy atom. The normalized spacial score (nSPS) is 20.4. The molecule has 55 heavy (non-hydrogen) atoms. The van der Waals surface area contributed by atoms with Crippen molar-refractivity contribution in [2.75, 3.05) is 59.2 Å². The minimum absolute atomic E-state index is 0.0178. The van der Waals surface area contributed by atoms with Gasteiger partial charge in [-0.1, -0.05) is 18.2 Å². The number of carboxylic acids is 1. The summed E-state index contributed by atoms with van der Waals surface area (Å²) in [5, 5.41) is 18.1. The molecular weight excluding hydrogens is 759 g/mol. The highest BCUT2D eigenvalue weighted by molar-refractivity contribution is 7.89. The maximum atomic E-state index is 14.6. The standard InChI is InChI=1S/C37H44F2N6O8S2/c1-23-4-5-25(30(36(3,54)35(46)47)27-8-11-45-32(24(27)2)41-42-33(45)31(38)39)20-26(23)21-44-22-37(9-15-50-16-10-37)53-34-28(55(44,48)49)6-7-29(40-34)52-19-14-43-12-17-51-18-13-43/h4-8,11,20,30-31,54H,9-10,12-19,21-22H2,1-3H3,(H,46,47). The number of benzene rings is 1. The summed E-state index contributed by atoms with van der Waals surface area (Å²) in [5.41, 5.74) is 2.12. The largest absolute Gasteiger partial charge is 0.480 e. The van der Waals surface area contributed by atoms with Gasteiger partial charge in [-0.2, -0.15) is 21.9 Å². The third kappa shape index (κ3) is 7.76. The molecule has 14 nitrogen and oxygen atoms in total. The van der Waals surface area contributed by atoms with Gasteiger partial charge in [-0.15, -0.1) is 10.2 Å². The number of hydrogen-bond donors (Lipinski definition) is 2. The van der Waals surface area contributed by atoms with Crippen molar-refractivity contribution < 1.29 is 46.0 Å². The Morgan fingerprint density at radius 3 is 2.51 bits per heavy atom. The number of alkyl halides is 2. The number of nitrogens with zero attached hydrogens (tertiary/aromatic N) is 6. The molecule has 1 N–H and O–H groups in total. The van der Waals surface area contributed by atoms with Crippen molar-refractivity contribution in [3.05, 3.63) is 76.2 Å². The second-order valence-corrected chi connectivity index (χ2v) is 17.3. The zero-order valence-electron chi connectivity index (χ0n) is 30.8. The molecule has 6 heterocycles. The lowest BCUT2D eigenvalue weighted by atomic mass is 9.78. The van der Waals surface area contributed by atoms with Crippen LogP contribution in [0, 0.1) is 13.8 Å². The number of aliphatic carboxylic acids is 1. The van der Waals surface area contributed by atoms with Crippen LogP contribution in [0.1, 0.15) is 65.8 Å². The Bertz CT molecular complexity index is 2170. The van der Waals surface area contributed by atoms with Crippen LogP contribution in [-0.2, 0) is 30.8 Å². The number of morpholine rings is 1. The third-order valence-electron chi connectivity index (χ3n) is 10.8. The molecule has 0 saturated carbocycles. The number of fused-ring (bicyclic) bond motifs is 2. The smallest absolute Gasteiger partial charge is 0.320 e. The minimum atomic E-state index is -4.19. The minimum Gasteiger partial charge on any atom is -0.480 e. The molecule has 2 saturated heterocycles. The molecule has 3 aliphatic heterocycles. The van der Waals surface area contributed by atoms with E-state index in [4.69, 9.17) is 18.9 Å². The van der Waals surface area contributed by atoms with E-state index < -0.39 is 44.5 Å². The van der Waals surface area contributed by atoms with Gasteiger partial charge >= 0.3 is 5.97 Å². The second kappa shape index (κ2) is 15.5. The molecule has 2 unspecified atom stereocenters. The number of carboxylic acid groups (broad SMARTS) is 1. The topological polar surface area (TPSA) is 158 Å². The first-order chi connectivity index (χ1) is 26.2. The molecule has 296 valence electrons. The van der Waals surface area contributed by atoms with Crippen molar-refractivity contribution in [1.29, 1.82) is 0 Å². The van der Waals surface area contributed by atoms with Crippen LogP contribution in [0.15, 0.2) is 47.5 Å². The molecule has 1 spiro atoms. The van der Waals surface area contributed by atoms with Gasteiger partial charge in [0.25, 0.3) is 6.43 Å². The first-order valence-corrected chi connectivity index (χ1v) is 20.0. The van der Waals surface area contributed by atoms with Gasteiger partial charge in [-0.25, -0.2) is 17.2 Å². The van der Waals surface area contributed by atoms with Crippen molar-refractivity contribution >= 4 is 34.3 Å². The van der Waals surface area contributed by atoms with Crippen molar-refractivity contribution in [2.45, 2.75) is 67.7 Å². The molecular formula is C37H44F2N6O8S2. The number of halogens is 2. The molecule has 0 radical (unpaired) electrons. The van der Waals surface area contributed by atoms with Gasteiger partial charge in [-0.3, -0.25) is 14.1 Å². The summed E-state index contributed by atoms with van der Waals surface area (Å²) in [4.78, 5) is 19.5. The number of thiol groups is 1. The number of aromatic nitrogens is 4. The van der Waals surface area contributed by atoms with Crippen LogP contribution >= 0.6 is 12.6 Å². The molecule has 2 fully saturated rings. The SMILES string of the molecule is Cc1ccc(C(c2ccn3c(C(F)F)nnc3c2C)C(C)(S)C(=O)O)cc1CN1CC2(CCOCC2)Oc2nc(OCCN3CCOCC3)ccc2S1(=O)=O. The Morgan fingerprint density at radius 2 is 1.80 bits per heavy atom. The van der Waals surface area contributed by atoms with E-state index in [0.29, 0.717) is 74.7 Å². The van der Waals surface area contributed by atoms with Crippen LogP contribution in [0.2, 0.25) is 0 Å². The summed E-state index contributed by atoms with van der Waals surface area (Å²) in [5.74, 6) is -2.42. The monoisotopic (exact) mass is 802 g/mol. The van der Waals surface area contributed by atoms with Gasteiger partial charge in [0.1, 0.15) is 21.9 Å². The molecule has 1 aromatic carbocycles. The Labute approximate surface area is 323 Å². The molecule has 0 aliphatic carbocycles. The molecule has 0 amide bonds. The molecule has 7 rings (SSSR count). The van der Waals surface area contributed by atoms with E-state index in [0.717, 1.165) is 18.7 Å². The van der Waals surface area contributed by atoms with Crippen molar-refractivity contribution in [1.82, 2.24) is 28.8 Å². The molecule has 18 heteroatoms. The average molecular weight is 803 g/mol. The number of hydrogen-bond acceptors (Lipinski definition) is 12. The third-order valence-corrected chi connectivity index (χ3v) is 13.1. The lowest BCUT2D eigenvalue weighted by molar-refractivity contribution is -0.139. The predicted octanol–water partition coefficient (Wildman–Crippen LogP) is 4.43. The van der Waals surface area contributed by atoms with Crippen molar-refractivity contribution in [3.63, 3.8) is 0 Å². The van der Waals surface area contributed by atoms with Crippen LogP contribution < -0.4 is 9.47 Å². The molecule has 3 aromatic heterocycles. The molecule has 4 aromatic rings. The number of ether oxygens (including phenoxy) is 4. The Hall–Kier alpha value is -3.94. The van der Waals surface area contributed by atoms with Gasteiger partial charge in [-0.05, 0) is 60.7 Å². The zero-order valence-corrected chi connectivity index (χ0v) is 32.5. The van der Waals surface area contributed by atoms with E-state index in [1.807, 2.05) is 13.0 Å². The summed E-state index contributed by atoms with van der Waals surface area (Å²) in [6.45, 7) is 9.67. The number of aryl methyl sites for hydroxylation is 2. The van der Waals surface area contributed by atoms with E-state index in [1.165, 1.54) is 34.0 Å². The fourth-order valence-corrected chi connectivity index (χ4v) is 9.36. The second-order valence-electron chi connectivity index (χ2n) is 14.4. The van der Waals surface area contributed by atoms with E-state index in [1.54, 1.807) is 25.1 Å². The predicted molar refractivity (Wildman–Crippen MR) is 199 cm³/mol. The number of sulfonamides is 1. The van der Waals surface area contributed by atoms with E-state index >= 15 is 0 Å². The maximum absolute atomic E-state index is 14.6. The first-order valence-electron chi connectivity index (χ1n) is 18.1. The van der Waals surface area contributed by atoms with E-state index in [-0.39, 0.29) is 35.4 Å².